The van der Waals surface area contributed by atoms with Gasteiger partial charge in [0.25, 0.3) is 0 Å². The molecule has 0 aliphatic rings. The van der Waals surface area contributed by atoms with E-state index >= 15 is 0 Å². The van der Waals surface area contributed by atoms with Gasteiger partial charge in [0, 0.05) is 0 Å². The lowest BCUT2D eigenvalue weighted by Crippen LogP contribution is -2.10. The van der Waals surface area contributed by atoms with Gasteiger partial charge in [0.2, 0.25) is 0 Å². The summed E-state index contributed by atoms with van der Waals surface area (Å²) < 4.78 is 16.5. The molecule has 0 aromatic heterocycles. The number of carbonyl (C=O) groups excluding carboxylic acids is 2. The van der Waals surface area contributed by atoms with Crippen molar-refractivity contribution in [1.82, 2.24) is 0 Å². The maximum Gasteiger partial charge on any atom is 0.343 e. The number of rotatable bonds is 11. The summed E-state index contributed by atoms with van der Waals surface area (Å²) in [7, 11) is 0. The lowest BCUT2D eigenvalue weighted by atomic mass is 10.1. The lowest BCUT2D eigenvalue weighted by molar-refractivity contribution is 0.0500. The Balaban J connectivity index is 1.46. The summed E-state index contributed by atoms with van der Waals surface area (Å²) in [5.41, 5.74) is 2.03. The van der Waals surface area contributed by atoms with Crippen LogP contribution in [0.1, 0.15) is 53.0 Å². The molecule has 0 spiro atoms. The molecule has 0 saturated heterocycles. The second kappa shape index (κ2) is 12.4. The van der Waals surface area contributed by atoms with E-state index in [1.165, 1.54) is 5.56 Å². The lowest BCUT2D eigenvalue weighted by Gasteiger charge is -2.10. The van der Waals surface area contributed by atoms with Gasteiger partial charge >= 0.3 is 11.9 Å². The Bertz CT molecular complexity index is 1030. The number of esters is 2. The van der Waals surface area contributed by atoms with Crippen molar-refractivity contribution in [3.05, 3.63) is 95.6 Å². The highest BCUT2D eigenvalue weighted by Crippen LogP contribution is 2.18. The van der Waals surface area contributed by atoms with E-state index in [-0.39, 0.29) is 0 Å². The minimum Gasteiger partial charge on any atom is -0.494 e. The molecule has 5 heteroatoms. The molecule has 0 N–H and O–H groups in total. The number of ether oxygens (including phenoxy) is 3. The average Bonchev–Trinajstić information content (AvgIpc) is 2.83. The topological polar surface area (TPSA) is 61.8 Å². The van der Waals surface area contributed by atoms with E-state index in [2.05, 4.69) is 26.0 Å². The number of benzene rings is 3. The molecule has 0 fully saturated rings. The molecule has 33 heavy (non-hydrogen) atoms. The Morgan fingerprint density at radius 3 is 2.24 bits per heavy atom. The molecule has 3 aromatic carbocycles. The van der Waals surface area contributed by atoms with Gasteiger partial charge in [0.15, 0.2) is 0 Å². The van der Waals surface area contributed by atoms with Gasteiger partial charge in [-0.05, 0) is 73.2 Å². The van der Waals surface area contributed by atoms with Gasteiger partial charge < -0.3 is 14.2 Å². The smallest absolute Gasteiger partial charge is 0.343 e. The van der Waals surface area contributed by atoms with Crippen molar-refractivity contribution in [3.63, 3.8) is 0 Å². The molecule has 0 bridgehead atoms. The second-order valence-corrected chi connectivity index (χ2v) is 8.20. The SMILES string of the molecule is CC(C)CCOc1cccc(C(=O)Oc2ccc(C(=O)OCCCc3ccccc3)cc2)c1. The van der Waals surface area contributed by atoms with Gasteiger partial charge in [-0.3, -0.25) is 0 Å². The highest BCUT2D eigenvalue weighted by molar-refractivity contribution is 5.92. The van der Waals surface area contributed by atoms with Gasteiger partial charge in [-0.25, -0.2) is 9.59 Å². The van der Waals surface area contributed by atoms with E-state index in [0.717, 1.165) is 19.3 Å². The van der Waals surface area contributed by atoms with E-state index in [4.69, 9.17) is 14.2 Å². The number of aryl methyl sites for hydroxylation is 1. The van der Waals surface area contributed by atoms with Crippen molar-refractivity contribution in [2.75, 3.05) is 13.2 Å². The zero-order valence-electron chi connectivity index (χ0n) is 19.2. The molecule has 5 nitrogen and oxygen atoms in total. The number of carbonyl (C=O) groups is 2. The first kappa shape index (κ1) is 24.1. The molecule has 172 valence electrons. The molecule has 0 aliphatic heterocycles. The third-order valence-corrected chi connectivity index (χ3v) is 5.02. The van der Waals surface area contributed by atoms with Crippen molar-refractivity contribution in [2.24, 2.45) is 5.92 Å². The number of hydrogen-bond donors (Lipinski definition) is 0. The molecule has 3 aromatic rings. The molecule has 0 atom stereocenters. The third kappa shape index (κ3) is 8.11. The van der Waals surface area contributed by atoms with Crippen LogP contribution in [0.2, 0.25) is 0 Å². The Hall–Kier alpha value is -3.60. The van der Waals surface area contributed by atoms with Crippen LogP contribution < -0.4 is 9.47 Å². The monoisotopic (exact) mass is 446 g/mol. The van der Waals surface area contributed by atoms with Crippen LogP contribution in [0.25, 0.3) is 0 Å². The van der Waals surface area contributed by atoms with E-state index in [1.807, 2.05) is 24.3 Å². The fourth-order valence-corrected chi connectivity index (χ4v) is 3.12. The van der Waals surface area contributed by atoms with Crippen LogP contribution in [-0.2, 0) is 11.2 Å². The van der Waals surface area contributed by atoms with Gasteiger partial charge in [-0.15, -0.1) is 0 Å². The Labute approximate surface area is 195 Å². The summed E-state index contributed by atoms with van der Waals surface area (Å²) in [6.07, 6.45) is 2.55. The van der Waals surface area contributed by atoms with Crippen molar-refractivity contribution < 1.29 is 23.8 Å². The maximum atomic E-state index is 12.5. The average molecular weight is 447 g/mol. The maximum absolute atomic E-state index is 12.5. The predicted octanol–water partition coefficient (Wildman–Crippen LogP) is 6.12. The van der Waals surface area contributed by atoms with Crippen molar-refractivity contribution in [1.29, 1.82) is 0 Å². The first-order valence-corrected chi connectivity index (χ1v) is 11.3. The first-order chi connectivity index (χ1) is 16.0. The van der Waals surface area contributed by atoms with Gasteiger partial charge in [0.1, 0.15) is 11.5 Å². The predicted molar refractivity (Wildman–Crippen MR) is 128 cm³/mol. The first-order valence-electron chi connectivity index (χ1n) is 11.3. The zero-order valence-corrected chi connectivity index (χ0v) is 19.2. The van der Waals surface area contributed by atoms with E-state index in [9.17, 15) is 9.59 Å². The van der Waals surface area contributed by atoms with Crippen LogP contribution in [0.5, 0.6) is 11.5 Å². The van der Waals surface area contributed by atoms with E-state index < -0.39 is 11.9 Å². The third-order valence-electron chi connectivity index (χ3n) is 5.02. The Morgan fingerprint density at radius 2 is 1.52 bits per heavy atom. The molecule has 0 heterocycles. The zero-order chi connectivity index (χ0) is 23.5. The van der Waals surface area contributed by atoms with E-state index in [1.54, 1.807) is 42.5 Å². The molecule has 0 radical (unpaired) electrons. The normalized spacial score (nSPS) is 10.6. The van der Waals surface area contributed by atoms with Gasteiger partial charge in [0.05, 0.1) is 24.3 Å². The summed E-state index contributed by atoms with van der Waals surface area (Å²) in [4.78, 5) is 24.7. The van der Waals surface area contributed by atoms with Gasteiger partial charge in [-0.1, -0.05) is 50.2 Å². The van der Waals surface area contributed by atoms with Gasteiger partial charge in [-0.2, -0.15) is 0 Å². The number of hydrogen-bond acceptors (Lipinski definition) is 5. The molecule has 0 aliphatic carbocycles. The Morgan fingerprint density at radius 1 is 0.758 bits per heavy atom. The van der Waals surface area contributed by atoms with Crippen LogP contribution >= 0.6 is 0 Å². The minimum absolute atomic E-state index is 0.347. The molecular weight excluding hydrogens is 416 g/mol. The molecule has 0 unspecified atom stereocenters. The van der Waals surface area contributed by atoms with Crippen molar-refractivity contribution >= 4 is 11.9 Å². The van der Waals surface area contributed by atoms with Crippen LogP contribution in [0.3, 0.4) is 0 Å². The molecule has 0 amide bonds. The standard InChI is InChI=1S/C28H30O5/c1-21(2)17-19-31-26-12-6-11-24(20-26)28(30)33-25-15-13-23(14-16-25)27(29)32-18-7-10-22-8-4-3-5-9-22/h3-6,8-9,11-16,20-21H,7,10,17-19H2,1-2H3. The summed E-state index contributed by atoms with van der Waals surface area (Å²) >= 11 is 0. The fourth-order valence-electron chi connectivity index (χ4n) is 3.12. The van der Waals surface area contributed by atoms with Crippen LogP contribution in [-0.4, -0.2) is 25.2 Å². The highest BCUT2D eigenvalue weighted by atomic mass is 16.5. The van der Waals surface area contributed by atoms with Crippen LogP contribution in [0, 0.1) is 5.92 Å². The second-order valence-electron chi connectivity index (χ2n) is 8.20. The minimum atomic E-state index is -0.486. The quantitative estimate of drug-likeness (QED) is 0.202. The molecular formula is C28H30O5. The van der Waals surface area contributed by atoms with E-state index in [0.29, 0.717) is 41.8 Å². The summed E-state index contributed by atoms with van der Waals surface area (Å²) in [5.74, 6) is 0.655. The largest absolute Gasteiger partial charge is 0.494 e. The summed E-state index contributed by atoms with van der Waals surface area (Å²) in [6, 6.07) is 23.4. The van der Waals surface area contributed by atoms with Crippen LogP contribution in [0.4, 0.5) is 0 Å². The fraction of sp³-hybridized carbons (Fsp3) is 0.286. The van der Waals surface area contributed by atoms with Crippen molar-refractivity contribution in [2.45, 2.75) is 33.1 Å². The molecule has 0 saturated carbocycles. The summed E-state index contributed by atoms with van der Waals surface area (Å²) in [5, 5.41) is 0. The summed E-state index contributed by atoms with van der Waals surface area (Å²) in [6.45, 7) is 5.21. The Kier molecular flexibility index (Phi) is 9.07. The highest BCUT2D eigenvalue weighted by Gasteiger charge is 2.12. The van der Waals surface area contributed by atoms with Crippen molar-refractivity contribution in [3.8, 4) is 11.5 Å². The van der Waals surface area contributed by atoms with Crippen LogP contribution in [0.15, 0.2) is 78.9 Å². The molecule has 3 rings (SSSR count).